The molecule has 4 nitrogen and oxygen atoms in total. The summed E-state index contributed by atoms with van der Waals surface area (Å²) in [4.78, 5) is 0. The van der Waals surface area contributed by atoms with Crippen molar-refractivity contribution in [2.75, 3.05) is 6.61 Å². The Kier molecular flexibility index (Phi) is 7.07. The Labute approximate surface area is 170 Å². The van der Waals surface area contributed by atoms with Crippen LogP contribution >= 0.6 is 0 Å². The molecule has 3 aliphatic rings. The van der Waals surface area contributed by atoms with Crippen LogP contribution in [0.15, 0.2) is 23.3 Å². The van der Waals surface area contributed by atoms with E-state index in [1.807, 2.05) is 6.92 Å². The lowest BCUT2D eigenvalue weighted by molar-refractivity contribution is -0.0893. The maximum absolute atomic E-state index is 10.2. The number of hydrogen-bond donors (Lipinski definition) is 4. The Morgan fingerprint density at radius 2 is 1.82 bits per heavy atom. The zero-order chi connectivity index (χ0) is 20.5. The van der Waals surface area contributed by atoms with Gasteiger partial charge in [-0.1, -0.05) is 44.1 Å². The average molecular weight is 393 g/mol. The molecule has 3 unspecified atom stereocenters. The van der Waals surface area contributed by atoms with E-state index in [1.54, 1.807) is 0 Å². The van der Waals surface area contributed by atoms with Gasteiger partial charge in [0.05, 0.1) is 12.2 Å². The van der Waals surface area contributed by atoms with Gasteiger partial charge in [0.15, 0.2) is 0 Å². The number of rotatable bonds is 5. The lowest BCUT2D eigenvalue weighted by Crippen LogP contribution is -2.46. The first-order valence-corrected chi connectivity index (χ1v) is 11.3. The molecule has 4 heteroatoms. The molecular formula is C24H40O4. The molecule has 0 aromatic heterocycles. The number of fused-ring (bicyclic) bond motifs is 1. The van der Waals surface area contributed by atoms with Crippen LogP contribution in [-0.4, -0.2) is 45.3 Å². The highest BCUT2D eigenvalue weighted by atomic mass is 16.4. The van der Waals surface area contributed by atoms with Crippen LogP contribution in [0.4, 0.5) is 0 Å². The molecule has 3 fully saturated rings. The molecule has 0 aromatic rings. The highest BCUT2D eigenvalue weighted by molar-refractivity contribution is 5.27. The summed E-state index contributed by atoms with van der Waals surface area (Å²) < 4.78 is 0. The Bertz CT molecular complexity index is 597. The predicted molar refractivity (Wildman–Crippen MR) is 112 cm³/mol. The van der Waals surface area contributed by atoms with Crippen molar-refractivity contribution < 1.29 is 20.4 Å². The van der Waals surface area contributed by atoms with Crippen LogP contribution in [0.5, 0.6) is 0 Å². The molecule has 3 aliphatic carbocycles. The summed E-state index contributed by atoms with van der Waals surface area (Å²) in [6.45, 7) is 7.08. The molecule has 3 saturated carbocycles. The van der Waals surface area contributed by atoms with Crippen LogP contribution in [0.2, 0.25) is 0 Å². The largest absolute Gasteiger partial charge is 0.396 e. The van der Waals surface area contributed by atoms with Crippen molar-refractivity contribution in [3.05, 3.63) is 23.3 Å². The summed E-state index contributed by atoms with van der Waals surface area (Å²) in [7, 11) is 0. The van der Waals surface area contributed by atoms with Crippen molar-refractivity contribution in [3.63, 3.8) is 0 Å². The summed E-state index contributed by atoms with van der Waals surface area (Å²) in [5, 5.41) is 39.3. The fraction of sp³-hybridized carbons (Fsp3) is 0.833. The molecule has 4 N–H and O–H groups in total. The highest BCUT2D eigenvalue weighted by Gasteiger charge is 2.50. The minimum absolute atomic E-state index is 0.125. The van der Waals surface area contributed by atoms with Crippen molar-refractivity contribution >= 4 is 0 Å². The summed E-state index contributed by atoms with van der Waals surface area (Å²) in [6, 6.07) is 0. The van der Waals surface area contributed by atoms with E-state index in [0.29, 0.717) is 30.3 Å². The van der Waals surface area contributed by atoms with Gasteiger partial charge in [0.1, 0.15) is 6.10 Å². The minimum atomic E-state index is -1.05. The molecule has 0 amide bonds. The van der Waals surface area contributed by atoms with E-state index in [9.17, 15) is 20.4 Å². The molecule has 0 aliphatic heterocycles. The summed E-state index contributed by atoms with van der Waals surface area (Å²) >= 11 is 0. The van der Waals surface area contributed by atoms with Gasteiger partial charge in [0.25, 0.3) is 0 Å². The van der Waals surface area contributed by atoms with E-state index in [0.717, 1.165) is 30.8 Å². The van der Waals surface area contributed by atoms with E-state index in [-0.39, 0.29) is 5.92 Å². The second kappa shape index (κ2) is 8.99. The predicted octanol–water partition coefficient (Wildman–Crippen LogP) is 3.59. The molecule has 3 rings (SSSR count). The second-order valence-electron chi connectivity index (χ2n) is 9.96. The molecule has 0 heterocycles. The van der Waals surface area contributed by atoms with Crippen LogP contribution in [0, 0.1) is 29.1 Å². The van der Waals surface area contributed by atoms with Crippen molar-refractivity contribution in [2.24, 2.45) is 29.1 Å². The monoisotopic (exact) mass is 392 g/mol. The topological polar surface area (TPSA) is 80.9 Å². The number of allylic oxidation sites excluding steroid dienone is 3. The normalized spacial score (nSPS) is 45.4. The molecule has 0 saturated heterocycles. The standard InChI is InChI=1S/C24H40O4/c1-15(6-5-13-25)19-10-11-20-17(7-4-12-24(19,20)3)8-9-18-14-21(26)23(28)22(27)16(18)2/h8-9,15-16,19-23,25-28H,4-7,10-14H2,1-3H3/t15-,16-,19-,20+,21?,22?,23?,24-/m1/s1. The zero-order valence-electron chi connectivity index (χ0n) is 17.8. The van der Waals surface area contributed by atoms with Gasteiger partial charge in [-0.25, -0.2) is 0 Å². The van der Waals surface area contributed by atoms with Crippen LogP contribution in [0.3, 0.4) is 0 Å². The van der Waals surface area contributed by atoms with Crippen molar-refractivity contribution in [1.82, 2.24) is 0 Å². The molecule has 8 atom stereocenters. The van der Waals surface area contributed by atoms with Crippen molar-refractivity contribution in [1.29, 1.82) is 0 Å². The quantitative estimate of drug-likeness (QED) is 0.576. The third-order valence-corrected chi connectivity index (χ3v) is 8.34. The first-order valence-electron chi connectivity index (χ1n) is 11.3. The average Bonchev–Trinajstić information content (AvgIpc) is 3.03. The smallest absolute Gasteiger partial charge is 0.107 e. The molecular weight excluding hydrogens is 352 g/mol. The van der Waals surface area contributed by atoms with Gasteiger partial charge in [-0.05, 0) is 74.5 Å². The van der Waals surface area contributed by atoms with Gasteiger partial charge < -0.3 is 20.4 Å². The summed E-state index contributed by atoms with van der Waals surface area (Å²) in [6.07, 6.45) is 10.2. The van der Waals surface area contributed by atoms with Gasteiger partial charge in [-0.15, -0.1) is 0 Å². The maximum atomic E-state index is 10.2. The Hall–Kier alpha value is -0.680. The van der Waals surface area contributed by atoms with Crippen LogP contribution < -0.4 is 0 Å². The Balaban J connectivity index is 1.77. The number of aliphatic hydroxyl groups excluding tert-OH is 4. The van der Waals surface area contributed by atoms with Crippen molar-refractivity contribution in [2.45, 2.75) is 90.4 Å². The first kappa shape index (κ1) is 22.0. The molecule has 0 bridgehead atoms. The van der Waals surface area contributed by atoms with Crippen LogP contribution in [-0.2, 0) is 0 Å². The van der Waals surface area contributed by atoms with Crippen LogP contribution in [0.25, 0.3) is 0 Å². The lowest BCUT2D eigenvalue weighted by Gasteiger charge is -2.44. The fourth-order valence-corrected chi connectivity index (χ4v) is 6.55. The molecule has 0 aromatic carbocycles. The molecule has 160 valence electrons. The molecule has 0 spiro atoms. The second-order valence-corrected chi connectivity index (χ2v) is 9.96. The van der Waals surface area contributed by atoms with Crippen LogP contribution in [0.1, 0.15) is 72.1 Å². The fourth-order valence-electron chi connectivity index (χ4n) is 6.55. The van der Waals surface area contributed by atoms with Crippen molar-refractivity contribution in [3.8, 4) is 0 Å². The van der Waals surface area contributed by atoms with Gasteiger partial charge in [-0.2, -0.15) is 0 Å². The zero-order valence-corrected chi connectivity index (χ0v) is 17.8. The molecule has 0 radical (unpaired) electrons. The van der Waals surface area contributed by atoms with Gasteiger partial charge in [0.2, 0.25) is 0 Å². The number of hydrogen-bond acceptors (Lipinski definition) is 4. The Morgan fingerprint density at radius 1 is 1.11 bits per heavy atom. The highest BCUT2D eigenvalue weighted by Crippen LogP contribution is 2.59. The first-order chi connectivity index (χ1) is 13.3. The summed E-state index contributed by atoms with van der Waals surface area (Å²) in [5.41, 5.74) is 2.92. The van der Waals surface area contributed by atoms with Gasteiger partial charge in [0, 0.05) is 12.5 Å². The third-order valence-electron chi connectivity index (χ3n) is 8.34. The van der Waals surface area contributed by atoms with Gasteiger partial charge >= 0.3 is 0 Å². The van der Waals surface area contributed by atoms with E-state index in [1.165, 1.54) is 31.3 Å². The van der Waals surface area contributed by atoms with E-state index in [2.05, 4.69) is 26.0 Å². The minimum Gasteiger partial charge on any atom is -0.396 e. The summed E-state index contributed by atoms with van der Waals surface area (Å²) in [5.74, 6) is 1.89. The SMILES string of the molecule is C[C@@H]1C(=CC=C2CCC[C@]3(C)[C@@H]([C@H](C)CCCO)CC[C@@H]23)CC(O)C(O)C1O. The lowest BCUT2D eigenvalue weighted by atomic mass is 9.60. The maximum Gasteiger partial charge on any atom is 0.107 e. The molecule has 28 heavy (non-hydrogen) atoms. The number of aliphatic hydroxyl groups is 4. The Morgan fingerprint density at radius 3 is 2.54 bits per heavy atom. The third kappa shape index (κ3) is 4.12. The van der Waals surface area contributed by atoms with Gasteiger partial charge in [-0.3, -0.25) is 0 Å². The van der Waals surface area contributed by atoms with E-state index < -0.39 is 18.3 Å². The van der Waals surface area contributed by atoms with E-state index >= 15 is 0 Å². The van der Waals surface area contributed by atoms with E-state index in [4.69, 9.17) is 0 Å².